The minimum atomic E-state index is -5.35. The molecule has 6 N–H and O–H groups in total. The van der Waals surface area contributed by atoms with E-state index >= 15 is 0 Å². The number of hydrogen-bond donors (Lipinski definition) is 6. The van der Waals surface area contributed by atoms with Gasteiger partial charge in [-0.05, 0) is 12.5 Å². The molecule has 0 saturated carbocycles. The Morgan fingerprint density at radius 3 is 1.81 bits per heavy atom. The number of aliphatic hydroxyl groups is 2. The summed E-state index contributed by atoms with van der Waals surface area (Å²) in [5.41, 5.74) is -0.911. The van der Waals surface area contributed by atoms with Gasteiger partial charge in [0.15, 0.2) is 6.23 Å². The molecule has 2 rings (SSSR count). The molecule has 0 aliphatic carbocycles. The number of carbonyl (C=O) groups is 1. The van der Waals surface area contributed by atoms with E-state index in [1.807, 2.05) is 0 Å². The number of phosphoric ester groups is 1. The molecule has 15 nitrogen and oxygen atoms in total. The predicted octanol–water partition coefficient (Wildman–Crippen LogP) is 5.46. The van der Waals surface area contributed by atoms with Gasteiger partial charge in [-0.25, -0.2) is 13.9 Å². The van der Waals surface area contributed by atoms with Crippen molar-refractivity contribution in [2.24, 2.45) is 0 Å². The lowest BCUT2D eigenvalue weighted by Gasteiger charge is -2.18. The molecule has 0 radical (unpaired) electrons. The molecule has 1 saturated heterocycles. The second-order valence-electron chi connectivity index (χ2n) is 12.2. The Bertz CT molecular complexity index is 1200. The highest BCUT2D eigenvalue weighted by Crippen LogP contribution is 2.57. The molecule has 17 heteroatoms. The summed E-state index contributed by atoms with van der Waals surface area (Å²) < 4.78 is 36.7. The minimum Gasteiger partial charge on any atom is -0.387 e. The molecule has 1 fully saturated rings. The van der Waals surface area contributed by atoms with Crippen LogP contribution in [0, 0.1) is 0 Å². The van der Waals surface area contributed by atoms with Gasteiger partial charge < -0.3 is 34.9 Å². The fraction of sp³-hybridized carbons (Fsp3) is 0.833. The van der Waals surface area contributed by atoms with Gasteiger partial charge in [0, 0.05) is 12.6 Å². The number of rotatable bonds is 26. The average Bonchev–Trinajstić information content (AvgIpc) is 3.27. The highest BCUT2D eigenvalue weighted by atomic mass is 31.3. The second kappa shape index (κ2) is 22.3. The molecular weight excluding hydrogens is 656 g/mol. The van der Waals surface area contributed by atoms with Crippen molar-refractivity contribution in [1.82, 2.24) is 9.55 Å². The van der Waals surface area contributed by atoms with Gasteiger partial charge in [0.25, 0.3) is 0 Å². The van der Waals surface area contributed by atoms with Crippen LogP contribution in [-0.4, -0.2) is 65.3 Å². The number of aliphatic hydroxyl groups excluding tert-OH is 2. The van der Waals surface area contributed by atoms with Gasteiger partial charge in [0.1, 0.15) is 24.1 Å². The molecule has 272 valence electrons. The van der Waals surface area contributed by atoms with Gasteiger partial charge in [0.2, 0.25) is 5.91 Å². The zero-order chi connectivity index (χ0) is 34.7. The number of aromatic nitrogens is 2. The van der Waals surface area contributed by atoms with Crippen molar-refractivity contribution in [2.75, 3.05) is 11.9 Å². The third-order valence-electron chi connectivity index (χ3n) is 8.08. The molecule has 0 bridgehead atoms. The Hall–Kier alpha value is -1.51. The number of hydrogen-bond acceptors (Lipinski definition) is 10. The number of anilines is 1. The van der Waals surface area contributed by atoms with E-state index in [-0.39, 0.29) is 18.1 Å². The number of phosphoric acid groups is 2. The molecule has 2 heterocycles. The number of ether oxygens (including phenoxy) is 1. The van der Waals surface area contributed by atoms with Gasteiger partial charge >= 0.3 is 21.3 Å². The van der Waals surface area contributed by atoms with E-state index in [0.717, 1.165) is 23.8 Å². The number of unbranched alkanes of at least 4 members (excludes halogenated alkanes) is 17. The second-order valence-corrected chi connectivity index (χ2v) is 15.0. The zero-order valence-electron chi connectivity index (χ0n) is 27.5. The van der Waals surface area contributed by atoms with Crippen molar-refractivity contribution < 1.29 is 52.4 Å². The van der Waals surface area contributed by atoms with Gasteiger partial charge in [-0.3, -0.25) is 13.9 Å². The average molecular weight is 712 g/mol. The number of carbonyl (C=O) groups excluding carboxylic acids is 1. The van der Waals surface area contributed by atoms with Crippen molar-refractivity contribution in [1.29, 1.82) is 0 Å². The summed E-state index contributed by atoms with van der Waals surface area (Å²) in [6.07, 6.45) is 17.8. The third kappa shape index (κ3) is 17.6. The quantitative estimate of drug-likeness (QED) is 0.0519. The molecule has 1 aromatic rings. The van der Waals surface area contributed by atoms with E-state index in [9.17, 15) is 33.8 Å². The normalized spacial score (nSPS) is 21.1. The minimum absolute atomic E-state index is 0.00221. The number of nitrogens with one attached hydrogen (secondary N) is 1. The predicted molar refractivity (Wildman–Crippen MR) is 175 cm³/mol. The zero-order valence-corrected chi connectivity index (χ0v) is 29.3. The summed E-state index contributed by atoms with van der Waals surface area (Å²) in [6, 6.07) is 1.32. The van der Waals surface area contributed by atoms with E-state index in [0.29, 0.717) is 6.42 Å². The smallest absolute Gasteiger partial charge is 0.387 e. The molecule has 5 atom stereocenters. The largest absolute Gasteiger partial charge is 0.481 e. The molecule has 1 aliphatic heterocycles. The molecule has 1 aromatic heterocycles. The number of amides is 1. The molecule has 0 spiro atoms. The Morgan fingerprint density at radius 1 is 0.851 bits per heavy atom. The topological polar surface area (TPSA) is 227 Å². The van der Waals surface area contributed by atoms with Gasteiger partial charge in [0.05, 0.1) is 6.61 Å². The van der Waals surface area contributed by atoms with Crippen LogP contribution in [0.2, 0.25) is 0 Å². The van der Waals surface area contributed by atoms with Gasteiger partial charge in [-0.1, -0.05) is 116 Å². The lowest BCUT2D eigenvalue weighted by atomic mass is 10.0. The van der Waals surface area contributed by atoms with Gasteiger partial charge in [-0.2, -0.15) is 9.29 Å². The summed E-state index contributed by atoms with van der Waals surface area (Å²) in [4.78, 5) is 55.4. The SMILES string of the molecule is CCCCCCCCCCCCCCCCCCCCC(=O)Nc1ccn([C@@H]2O[C@H](COP(=O)(O)OP(=O)(O)O)[C@@H](O)[C@H]2O)c(=O)n1. The maximum atomic E-state index is 12.6. The van der Waals surface area contributed by atoms with E-state index in [4.69, 9.17) is 14.5 Å². The fourth-order valence-corrected chi connectivity index (χ4v) is 7.09. The molecule has 1 unspecified atom stereocenters. The van der Waals surface area contributed by atoms with E-state index < -0.39 is 52.5 Å². The Labute approximate surface area is 277 Å². The first-order valence-electron chi connectivity index (χ1n) is 17.0. The van der Waals surface area contributed by atoms with E-state index in [1.54, 1.807) is 0 Å². The first kappa shape index (κ1) is 41.7. The summed E-state index contributed by atoms with van der Waals surface area (Å²) in [5.74, 6) is -0.288. The van der Waals surface area contributed by atoms with Crippen LogP contribution in [0.1, 0.15) is 135 Å². The Kier molecular flexibility index (Phi) is 19.7. The Morgan fingerprint density at radius 2 is 1.34 bits per heavy atom. The molecule has 0 aromatic carbocycles. The summed E-state index contributed by atoms with van der Waals surface area (Å²) in [5, 5.41) is 23.1. The lowest BCUT2D eigenvalue weighted by Crippen LogP contribution is -2.36. The van der Waals surface area contributed by atoms with Crippen LogP contribution in [0.15, 0.2) is 17.1 Å². The van der Waals surface area contributed by atoms with Crippen LogP contribution in [-0.2, 0) is 27.5 Å². The Balaban J connectivity index is 1.57. The first-order chi connectivity index (χ1) is 22.3. The number of nitrogens with zero attached hydrogens (tertiary/aromatic N) is 2. The van der Waals surface area contributed by atoms with Crippen molar-refractivity contribution in [2.45, 2.75) is 153 Å². The van der Waals surface area contributed by atoms with Crippen molar-refractivity contribution in [3.63, 3.8) is 0 Å². The van der Waals surface area contributed by atoms with Crippen LogP contribution < -0.4 is 11.0 Å². The van der Waals surface area contributed by atoms with Crippen molar-refractivity contribution in [3.05, 3.63) is 22.7 Å². The monoisotopic (exact) mass is 711 g/mol. The lowest BCUT2D eigenvalue weighted by molar-refractivity contribution is -0.116. The standard InChI is InChI=1S/C30H55N3O12P2/c1-2-3-4-5-6-7-8-9-10-11-12-13-14-15-16-17-18-19-20-26(34)31-25-21-22-33(30(37)32-25)29-28(36)27(35)24(44-29)23-43-47(41,42)45-46(38,39)40/h21-22,24,27-29,35-36H,2-20,23H2,1H3,(H,41,42)(H2,38,39,40)(H,31,32,34,37)/t24-,27-,28-,29-/m1/s1. The first-order valence-corrected chi connectivity index (χ1v) is 20.0. The van der Waals surface area contributed by atoms with Crippen molar-refractivity contribution >= 4 is 27.4 Å². The van der Waals surface area contributed by atoms with E-state index in [1.165, 1.54) is 102 Å². The highest BCUT2D eigenvalue weighted by Gasteiger charge is 2.45. The van der Waals surface area contributed by atoms with Crippen LogP contribution in [0.25, 0.3) is 0 Å². The molecule has 1 aliphatic rings. The highest BCUT2D eigenvalue weighted by molar-refractivity contribution is 7.60. The third-order valence-corrected chi connectivity index (χ3v) is 10.2. The summed E-state index contributed by atoms with van der Waals surface area (Å²) >= 11 is 0. The summed E-state index contributed by atoms with van der Waals surface area (Å²) in [7, 11) is -10.6. The maximum Gasteiger partial charge on any atom is 0.481 e. The van der Waals surface area contributed by atoms with Crippen LogP contribution in [0.4, 0.5) is 5.82 Å². The van der Waals surface area contributed by atoms with Crippen LogP contribution in [0.3, 0.4) is 0 Å². The van der Waals surface area contributed by atoms with E-state index in [2.05, 4.69) is 26.1 Å². The molecule has 47 heavy (non-hydrogen) atoms. The molecular formula is C30H55N3O12P2. The van der Waals surface area contributed by atoms with Crippen LogP contribution in [0.5, 0.6) is 0 Å². The summed E-state index contributed by atoms with van der Waals surface area (Å²) in [6.45, 7) is 1.35. The fourth-order valence-electron chi connectivity index (χ4n) is 5.49. The van der Waals surface area contributed by atoms with Crippen molar-refractivity contribution in [3.8, 4) is 0 Å². The van der Waals surface area contributed by atoms with Gasteiger partial charge in [-0.15, -0.1) is 0 Å². The molecule has 1 amide bonds. The van der Waals surface area contributed by atoms with Crippen LogP contribution >= 0.6 is 15.6 Å². The maximum absolute atomic E-state index is 12.6.